The summed E-state index contributed by atoms with van der Waals surface area (Å²) >= 11 is 1.49. The van der Waals surface area contributed by atoms with Gasteiger partial charge in [0.25, 0.3) is 0 Å². The van der Waals surface area contributed by atoms with E-state index in [9.17, 15) is 4.79 Å². The van der Waals surface area contributed by atoms with Crippen LogP contribution in [0.3, 0.4) is 0 Å². The van der Waals surface area contributed by atoms with E-state index >= 15 is 0 Å². The second-order valence-corrected chi connectivity index (χ2v) is 8.86. The number of aromatic nitrogens is 3. The first kappa shape index (κ1) is 20.7. The van der Waals surface area contributed by atoms with E-state index in [4.69, 9.17) is 0 Å². The van der Waals surface area contributed by atoms with Crippen molar-refractivity contribution >= 4 is 17.7 Å². The number of hydrogen-bond donors (Lipinski definition) is 0. The van der Waals surface area contributed by atoms with Crippen LogP contribution in [-0.2, 0) is 11.2 Å². The number of aryl methyl sites for hydroxylation is 2. The number of nitrogens with zero attached hydrogens (tertiary/aromatic N) is 4. The quantitative estimate of drug-likeness (QED) is 0.548. The van der Waals surface area contributed by atoms with Crippen molar-refractivity contribution in [2.24, 2.45) is 0 Å². The zero-order chi connectivity index (χ0) is 20.9. The van der Waals surface area contributed by atoms with Gasteiger partial charge in [0.15, 0.2) is 5.16 Å². The highest BCUT2D eigenvalue weighted by Gasteiger charge is 2.20. The molecule has 1 fully saturated rings. The third kappa shape index (κ3) is 4.75. The summed E-state index contributed by atoms with van der Waals surface area (Å²) in [5, 5.41) is 9.76. The van der Waals surface area contributed by atoms with Gasteiger partial charge in [-0.15, -0.1) is 10.2 Å². The molecule has 1 saturated heterocycles. The van der Waals surface area contributed by atoms with Gasteiger partial charge in [0.05, 0.1) is 11.4 Å². The lowest BCUT2D eigenvalue weighted by Crippen LogP contribution is -2.36. The molecule has 1 aliphatic rings. The Morgan fingerprint density at radius 3 is 2.50 bits per heavy atom. The zero-order valence-electron chi connectivity index (χ0n) is 17.7. The van der Waals surface area contributed by atoms with Crippen molar-refractivity contribution in [3.63, 3.8) is 0 Å². The molecule has 5 nitrogen and oxygen atoms in total. The topological polar surface area (TPSA) is 51.0 Å². The minimum absolute atomic E-state index is 0.194. The van der Waals surface area contributed by atoms with Gasteiger partial charge < -0.3 is 4.90 Å². The van der Waals surface area contributed by atoms with E-state index in [2.05, 4.69) is 58.9 Å². The molecule has 1 aliphatic heterocycles. The molecule has 1 amide bonds. The lowest BCUT2D eigenvalue weighted by molar-refractivity contribution is -0.129. The lowest BCUT2D eigenvalue weighted by atomic mass is 10.1. The van der Waals surface area contributed by atoms with E-state index in [1.165, 1.54) is 34.9 Å². The molecule has 30 heavy (non-hydrogen) atoms. The average molecular weight is 421 g/mol. The summed E-state index contributed by atoms with van der Waals surface area (Å²) < 4.78 is 2.12. The number of thioether (sulfide) groups is 1. The Balaban J connectivity index is 1.61. The maximum atomic E-state index is 12.7. The van der Waals surface area contributed by atoms with Gasteiger partial charge in [-0.25, -0.2) is 0 Å². The second kappa shape index (κ2) is 9.47. The van der Waals surface area contributed by atoms with Crippen molar-refractivity contribution in [2.45, 2.75) is 44.7 Å². The maximum absolute atomic E-state index is 12.7. The Labute approximate surface area is 182 Å². The molecule has 2 heterocycles. The molecule has 3 aromatic rings. The summed E-state index contributed by atoms with van der Waals surface area (Å²) in [6, 6.07) is 16.7. The van der Waals surface area contributed by atoms with Crippen LogP contribution in [0.15, 0.2) is 53.7 Å². The minimum atomic E-state index is 0.194. The number of piperidine rings is 1. The smallest absolute Gasteiger partial charge is 0.233 e. The Kier molecular flexibility index (Phi) is 6.53. The summed E-state index contributed by atoms with van der Waals surface area (Å²) in [5.41, 5.74) is 4.66. The van der Waals surface area contributed by atoms with Crippen LogP contribution in [0.4, 0.5) is 0 Å². The predicted octanol–water partition coefficient (Wildman–Crippen LogP) is 4.58. The van der Waals surface area contributed by atoms with E-state index in [-0.39, 0.29) is 5.91 Å². The van der Waals surface area contributed by atoms with Crippen LogP contribution in [0, 0.1) is 13.8 Å². The molecule has 0 spiro atoms. The Morgan fingerprint density at radius 2 is 1.77 bits per heavy atom. The summed E-state index contributed by atoms with van der Waals surface area (Å²) in [5.74, 6) is 1.48. The van der Waals surface area contributed by atoms with Crippen LogP contribution >= 0.6 is 11.8 Å². The van der Waals surface area contributed by atoms with E-state index in [1.807, 2.05) is 23.1 Å². The fraction of sp³-hybridized carbons (Fsp3) is 0.375. The standard InChI is InChI=1S/C24H28N4OS/c1-18-11-12-21(19(2)15-18)28-22(16-20-9-5-3-6-10-20)25-26-24(28)30-17-23(29)27-13-7-4-8-14-27/h3,5-6,9-12,15H,4,7-8,13-14,16-17H2,1-2H3. The van der Waals surface area contributed by atoms with Crippen LogP contribution in [-0.4, -0.2) is 44.4 Å². The van der Waals surface area contributed by atoms with E-state index in [0.717, 1.165) is 42.6 Å². The molecule has 0 bridgehead atoms. The first-order valence-electron chi connectivity index (χ1n) is 10.6. The normalized spacial score (nSPS) is 14.1. The summed E-state index contributed by atoms with van der Waals surface area (Å²) in [4.78, 5) is 14.7. The molecular weight excluding hydrogens is 392 g/mol. The highest BCUT2D eigenvalue weighted by atomic mass is 32.2. The van der Waals surface area contributed by atoms with Crippen molar-refractivity contribution in [3.05, 3.63) is 71.0 Å². The minimum Gasteiger partial charge on any atom is -0.342 e. The fourth-order valence-electron chi connectivity index (χ4n) is 3.95. The van der Waals surface area contributed by atoms with Crippen molar-refractivity contribution < 1.29 is 4.79 Å². The van der Waals surface area contributed by atoms with Crippen molar-refractivity contribution in [1.82, 2.24) is 19.7 Å². The Hall–Kier alpha value is -2.60. The van der Waals surface area contributed by atoms with Gasteiger partial charge >= 0.3 is 0 Å². The summed E-state index contributed by atoms with van der Waals surface area (Å²) in [6.07, 6.45) is 4.13. The number of benzene rings is 2. The first-order valence-corrected chi connectivity index (χ1v) is 11.6. The number of carbonyl (C=O) groups excluding carboxylic acids is 1. The van der Waals surface area contributed by atoms with Crippen molar-refractivity contribution in [3.8, 4) is 5.69 Å². The number of likely N-dealkylation sites (tertiary alicyclic amines) is 1. The Bertz CT molecular complexity index is 1010. The third-order valence-electron chi connectivity index (χ3n) is 5.53. The van der Waals surface area contributed by atoms with Gasteiger partial charge in [0, 0.05) is 19.5 Å². The second-order valence-electron chi connectivity index (χ2n) is 7.92. The molecule has 6 heteroatoms. The molecule has 0 N–H and O–H groups in total. The predicted molar refractivity (Wildman–Crippen MR) is 121 cm³/mol. The average Bonchev–Trinajstić information content (AvgIpc) is 3.15. The first-order chi connectivity index (χ1) is 14.6. The van der Waals surface area contributed by atoms with E-state index < -0.39 is 0 Å². The summed E-state index contributed by atoms with van der Waals surface area (Å²) in [6.45, 7) is 5.97. The van der Waals surface area contributed by atoms with Crippen LogP contribution in [0.5, 0.6) is 0 Å². The summed E-state index contributed by atoms with van der Waals surface area (Å²) in [7, 11) is 0. The van der Waals surface area contributed by atoms with Gasteiger partial charge in [-0.1, -0.05) is 59.8 Å². The molecule has 0 aliphatic carbocycles. The van der Waals surface area contributed by atoms with Crippen LogP contribution < -0.4 is 0 Å². The number of carbonyl (C=O) groups is 1. The van der Waals surface area contributed by atoms with Gasteiger partial charge in [-0.3, -0.25) is 9.36 Å². The molecule has 156 valence electrons. The molecular formula is C24H28N4OS. The van der Waals surface area contributed by atoms with Crippen LogP contribution in [0.1, 0.15) is 41.8 Å². The molecule has 2 aromatic carbocycles. The van der Waals surface area contributed by atoms with Gasteiger partial charge in [-0.05, 0) is 50.3 Å². The molecule has 0 radical (unpaired) electrons. The maximum Gasteiger partial charge on any atom is 0.233 e. The molecule has 0 unspecified atom stereocenters. The SMILES string of the molecule is Cc1ccc(-n2c(Cc3ccccc3)nnc2SCC(=O)N2CCCCC2)c(C)c1. The Morgan fingerprint density at radius 1 is 1.00 bits per heavy atom. The van der Waals surface area contributed by atoms with Gasteiger partial charge in [-0.2, -0.15) is 0 Å². The number of rotatable bonds is 6. The molecule has 0 saturated carbocycles. The molecule has 0 atom stereocenters. The largest absolute Gasteiger partial charge is 0.342 e. The third-order valence-corrected chi connectivity index (χ3v) is 6.45. The monoisotopic (exact) mass is 420 g/mol. The van der Waals surface area contributed by atoms with Crippen molar-refractivity contribution in [2.75, 3.05) is 18.8 Å². The number of hydrogen-bond acceptors (Lipinski definition) is 4. The highest BCUT2D eigenvalue weighted by molar-refractivity contribution is 7.99. The van der Waals surface area contributed by atoms with E-state index in [0.29, 0.717) is 12.2 Å². The highest BCUT2D eigenvalue weighted by Crippen LogP contribution is 2.26. The number of amides is 1. The zero-order valence-corrected chi connectivity index (χ0v) is 18.5. The lowest BCUT2D eigenvalue weighted by Gasteiger charge is -2.26. The van der Waals surface area contributed by atoms with Gasteiger partial charge in [0.2, 0.25) is 5.91 Å². The van der Waals surface area contributed by atoms with Crippen molar-refractivity contribution in [1.29, 1.82) is 0 Å². The van der Waals surface area contributed by atoms with Gasteiger partial charge in [0.1, 0.15) is 5.82 Å². The fourth-order valence-corrected chi connectivity index (χ4v) is 4.81. The van der Waals surface area contributed by atoms with Crippen LogP contribution in [0.2, 0.25) is 0 Å². The van der Waals surface area contributed by atoms with E-state index in [1.54, 1.807) is 0 Å². The molecule has 4 rings (SSSR count). The molecule has 1 aromatic heterocycles. The van der Waals surface area contributed by atoms with Crippen LogP contribution in [0.25, 0.3) is 5.69 Å².